The first kappa shape index (κ1) is 13.0. The van der Waals surface area contributed by atoms with Crippen LogP contribution in [-0.4, -0.2) is 18.0 Å². The number of anilines is 1. The molecule has 0 bridgehead atoms. The first-order valence-corrected chi connectivity index (χ1v) is 5.32. The summed E-state index contributed by atoms with van der Waals surface area (Å²) in [6.07, 6.45) is 2.01. The van der Waals surface area contributed by atoms with Crippen molar-refractivity contribution in [3.05, 3.63) is 42.5 Å². The second-order valence-electron chi connectivity index (χ2n) is 3.43. The van der Waals surface area contributed by atoms with Crippen LogP contribution in [0, 0.1) is 0 Å². The van der Waals surface area contributed by atoms with Gasteiger partial charge in [-0.05, 0) is 26.0 Å². The normalized spacial score (nSPS) is 12.1. The molecule has 4 nitrogen and oxygen atoms in total. The maximum atomic E-state index is 11.6. The number of nitrogens with one attached hydrogen (secondary N) is 1. The van der Waals surface area contributed by atoms with E-state index in [2.05, 4.69) is 5.32 Å². The highest BCUT2D eigenvalue weighted by atomic mass is 16.5. The molecule has 0 aliphatic heterocycles. The van der Waals surface area contributed by atoms with Crippen LogP contribution in [0.3, 0.4) is 0 Å². The van der Waals surface area contributed by atoms with Gasteiger partial charge < -0.3 is 10.1 Å². The number of carbonyl (C=O) groups is 2. The molecule has 0 radical (unpaired) electrons. The van der Waals surface area contributed by atoms with Gasteiger partial charge in [0.25, 0.3) is 5.91 Å². The van der Waals surface area contributed by atoms with Gasteiger partial charge >= 0.3 is 5.97 Å². The molecule has 1 rings (SSSR count). The standard InChI is InChI=1S/C13H15NO3/c1-3-7-12(15)17-10(2)13(16)14-11-8-5-4-6-9-11/h3-10H,1-2H3,(H,14,16)/b7-3+/t10-/m0/s1. The lowest BCUT2D eigenvalue weighted by Crippen LogP contribution is -2.29. The summed E-state index contributed by atoms with van der Waals surface area (Å²) in [5.41, 5.74) is 0.673. The third-order valence-corrected chi connectivity index (χ3v) is 2.01. The van der Waals surface area contributed by atoms with E-state index in [4.69, 9.17) is 4.74 Å². The van der Waals surface area contributed by atoms with Crippen LogP contribution in [0.5, 0.6) is 0 Å². The van der Waals surface area contributed by atoms with Crippen LogP contribution in [0.1, 0.15) is 13.8 Å². The van der Waals surface area contributed by atoms with E-state index < -0.39 is 12.1 Å². The number of para-hydroxylation sites is 1. The average molecular weight is 233 g/mol. The van der Waals surface area contributed by atoms with E-state index in [-0.39, 0.29) is 5.91 Å². The van der Waals surface area contributed by atoms with Gasteiger partial charge in [0, 0.05) is 11.8 Å². The van der Waals surface area contributed by atoms with Crippen LogP contribution in [0.2, 0.25) is 0 Å². The molecule has 0 aromatic heterocycles. The molecule has 1 atom stereocenters. The number of benzene rings is 1. The summed E-state index contributed by atoms with van der Waals surface area (Å²) in [6, 6.07) is 9.00. The molecule has 0 unspecified atom stereocenters. The Bertz CT molecular complexity index is 412. The van der Waals surface area contributed by atoms with Crippen molar-refractivity contribution in [1.29, 1.82) is 0 Å². The Hall–Kier alpha value is -2.10. The number of ether oxygens (including phenoxy) is 1. The van der Waals surface area contributed by atoms with Gasteiger partial charge in [-0.1, -0.05) is 24.3 Å². The SMILES string of the molecule is C/C=C/C(=O)O[C@@H](C)C(=O)Nc1ccccc1. The summed E-state index contributed by atoms with van der Waals surface area (Å²) >= 11 is 0. The highest BCUT2D eigenvalue weighted by molar-refractivity contribution is 5.95. The van der Waals surface area contributed by atoms with Crippen LogP contribution < -0.4 is 5.32 Å². The fraction of sp³-hybridized carbons (Fsp3) is 0.231. The lowest BCUT2D eigenvalue weighted by atomic mass is 10.3. The third kappa shape index (κ3) is 4.51. The Balaban J connectivity index is 2.50. The van der Waals surface area contributed by atoms with Crippen LogP contribution >= 0.6 is 0 Å². The first-order valence-electron chi connectivity index (χ1n) is 5.32. The molecule has 0 heterocycles. The van der Waals surface area contributed by atoms with E-state index in [1.165, 1.54) is 13.0 Å². The number of amides is 1. The van der Waals surface area contributed by atoms with Crippen molar-refractivity contribution in [3.63, 3.8) is 0 Å². The minimum absolute atomic E-state index is 0.353. The van der Waals surface area contributed by atoms with Gasteiger partial charge in [0.15, 0.2) is 6.10 Å². The predicted molar refractivity (Wildman–Crippen MR) is 65.4 cm³/mol. The summed E-state index contributed by atoms with van der Waals surface area (Å²) in [7, 11) is 0. The van der Waals surface area contributed by atoms with Crippen molar-refractivity contribution in [1.82, 2.24) is 0 Å². The van der Waals surface area contributed by atoms with E-state index >= 15 is 0 Å². The summed E-state index contributed by atoms with van der Waals surface area (Å²) in [4.78, 5) is 22.8. The lowest BCUT2D eigenvalue weighted by Gasteiger charge is -2.12. The zero-order chi connectivity index (χ0) is 12.7. The minimum atomic E-state index is -0.820. The van der Waals surface area contributed by atoms with Crippen molar-refractivity contribution in [2.45, 2.75) is 20.0 Å². The molecule has 0 fully saturated rings. The summed E-state index contributed by atoms with van der Waals surface area (Å²) in [5, 5.41) is 2.65. The largest absolute Gasteiger partial charge is 0.449 e. The first-order chi connectivity index (χ1) is 8.13. The Labute approximate surface area is 100 Å². The highest BCUT2D eigenvalue weighted by Gasteiger charge is 2.16. The fourth-order valence-corrected chi connectivity index (χ4v) is 1.17. The van der Waals surface area contributed by atoms with E-state index in [0.29, 0.717) is 5.69 Å². The minimum Gasteiger partial charge on any atom is -0.449 e. The van der Waals surface area contributed by atoms with E-state index in [9.17, 15) is 9.59 Å². The molecule has 1 N–H and O–H groups in total. The molecule has 17 heavy (non-hydrogen) atoms. The Kier molecular flexibility index (Phi) is 4.94. The molecular weight excluding hydrogens is 218 g/mol. The van der Waals surface area contributed by atoms with Crippen molar-refractivity contribution < 1.29 is 14.3 Å². The number of hydrogen-bond donors (Lipinski definition) is 1. The van der Waals surface area contributed by atoms with E-state index in [0.717, 1.165) is 0 Å². The predicted octanol–water partition coefficient (Wildman–Crippen LogP) is 2.13. The van der Waals surface area contributed by atoms with Crippen LogP contribution in [0.15, 0.2) is 42.5 Å². The Morgan fingerprint density at radius 1 is 1.29 bits per heavy atom. The van der Waals surface area contributed by atoms with Gasteiger partial charge in [-0.2, -0.15) is 0 Å². The van der Waals surface area contributed by atoms with Crippen molar-refractivity contribution in [2.75, 3.05) is 5.32 Å². The summed E-state index contributed by atoms with van der Waals surface area (Å²) in [5.74, 6) is -0.878. The summed E-state index contributed by atoms with van der Waals surface area (Å²) in [6.45, 7) is 3.23. The highest BCUT2D eigenvalue weighted by Crippen LogP contribution is 2.06. The van der Waals surface area contributed by atoms with E-state index in [1.54, 1.807) is 25.1 Å². The second-order valence-corrected chi connectivity index (χ2v) is 3.43. The molecule has 1 aromatic carbocycles. The van der Waals surface area contributed by atoms with Gasteiger partial charge in [-0.25, -0.2) is 4.79 Å². The molecule has 1 aromatic rings. The van der Waals surface area contributed by atoms with Gasteiger partial charge in [0.1, 0.15) is 0 Å². The molecular formula is C13H15NO3. The fourth-order valence-electron chi connectivity index (χ4n) is 1.17. The van der Waals surface area contributed by atoms with Crippen molar-refractivity contribution >= 4 is 17.6 Å². The Morgan fingerprint density at radius 2 is 1.94 bits per heavy atom. The topological polar surface area (TPSA) is 55.4 Å². The number of allylic oxidation sites excluding steroid dienone is 1. The maximum Gasteiger partial charge on any atom is 0.331 e. The molecule has 90 valence electrons. The molecule has 0 saturated carbocycles. The van der Waals surface area contributed by atoms with Gasteiger partial charge in [-0.15, -0.1) is 0 Å². The van der Waals surface area contributed by atoms with Crippen LogP contribution in [-0.2, 0) is 14.3 Å². The molecule has 0 aliphatic carbocycles. The van der Waals surface area contributed by atoms with Crippen molar-refractivity contribution in [3.8, 4) is 0 Å². The van der Waals surface area contributed by atoms with Gasteiger partial charge in [0.05, 0.1) is 0 Å². The second kappa shape index (κ2) is 6.48. The zero-order valence-corrected chi connectivity index (χ0v) is 9.84. The maximum absolute atomic E-state index is 11.6. The zero-order valence-electron chi connectivity index (χ0n) is 9.84. The quantitative estimate of drug-likeness (QED) is 0.640. The van der Waals surface area contributed by atoms with Gasteiger partial charge in [-0.3, -0.25) is 4.79 Å². The molecule has 0 spiro atoms. The number of esters is 1. The molecule has 4 heteroatoms. The van der Waals surface area contributed by atoms with E-state index in [1.807, 2.05) is 18.2 Å². The Morgan fingerprint density at radius 3 is 2.53 bits per heavy atom. The van der Waals surface area contributed by atoms with Crippen LogP contribution in [0.25, 0.3) is 0 Å². The molecule has 0 aliphatic rings. The van der Waals surface area contributed by atoms with Gasteiger partial charge in [0.2, 0.25) is 0 Å². The monoisotopic (exact) mass is 233 g/mol. The van der Waals surface area contributed by atoms with Crippen molar-refractivity contribution in [2.24, 2.45) is 0 Å². The third-order valence-electron chi connectivity index (χ3n) is 2.01. The summed E-state index contributed by atoms with van der Waals surface area (Å²) < 4.78 is 4.89. The number of hydrogen-bond acceptors (Lipinski definition) is 3. The van der Waals surface area contributed by atoms with Crippen LogP contribution in [0.4, 0.5) is 5.69 Å². The smallest absolute Gasteiger partial charge is 0.331 e. The lowest BCUT2D eigenvalue weighted by molar-refractivity contribution is -0.148. The number of carbonyl (C=O) groups excluding carboxylic acids is 2. The molecule has 1 amide bonds. The number of rotatable bonds is 4. The molecule has 0 saturated heterocycles. The average Bonchev–Trinajstić information content (AvgIpc) is 2.30.